The Hall–Kier alpha value is -1.96. The van der Waals surface area contributed by atoms with Crippen LogP contribution in [-0.2, 0) is 0 Å². The van der Waals surface area contributed by atoms with Crippen LogP contribution < -0.4 is 0 Å². The Kier molecular flexibility index (Phi) is 4.93. The molecule has 26 heavy (non-hydrogen) atoms. The molecule has 0 saturated carbocycles. The number of amidine groups is 1. The highest BCUT2D eigenvalue weighted by Crippen LogP contribution is 2.41. The van der Waals surface area contributed by atoms with Crippen LogP contribution >= 0.6 is 11.8 Å². The predicted molar refractivity (Wildman–Crippen MR) is 98.2 cm³/mol. The maximum absolute atomic E-state index is 13.9. The topological polar surface area (TPSA) is 39.1 Å². The molecule has 136 valence electrons. The summed E-state index contributed by atoms with van der Waals surface area (Å²) in [6, 6.07) is 9.19. The van der Waals surface area contributed by atoms with Gasteiger partial charge in [-0.2, -0.15) is 0 Å². The van der Waals surface area contributed by atoms with Gasteiger partial charge in [0.25, 0.3) is 0 Å². The maximum Gasteiger partial charge on any atom is 0.137 e. The van der Waals surface area contributed by atoms with Gasteiger partial charge in [-0.25, -0.2) is 13.8 Å². The Bertz CT molecular complexity index is 851. The molecular formula is C19H19F2N3OS. The smallest absolute Gasteiger partial charge is 0.137 e. The minimum atomic E-state index is -0.312. The molecule has 0 aromatic heterocycles. The van der Waals surface area contributed by atoms with Gasteiger partial charge >= 0.3 is 0 Å². The van der Waals surface area contributed by atoms with Crippen LogP contribution in [0.3, 0.4) is 0 Å². The van der Waals surface area contributed by atoms with Crippen molar-refractivity contribution in [2.45, 2.75) is 9.79 Å². The van der Waals surface area contributed by atoms with Crippen molar-refractivity contribution < 1.29 is 13.9 Å². The van der Waals surface area contributed by atoms with Gasteiger partial charge in [0.15, 0.2) is 0 Å². The summed E-state index contributed by atoms with van der Waals surface area (Å²) in [5, 5.41) is 9.11. The number of fused-ring (bicyclic) bond motifs is 2. The fourth-order valence-corrected chi connectivity index (χ4v) is 4.31. The van der Waals surface area contributed by atoms with E-state index in [1.54, 1.807) is 12.1 Å². The zero-order chi connectivity index (χ0) is 18.1. The number of aliphatic hydroxyl groups excluding tert-OH is 1. The Morgan fingerprint density at radius 2 is 1.69 bits per heavy atom. The Labute approximate surface area is 155 Å². The van der Waals surface area contributed by atoms with Crippen molar-refractivity contribution in [3.63, 3.8) is 0 Å². The number of benzene rings is 2. The van der Waals surface area contributed by atoms with E-state index in [0.717, 1.165) is 47.4 Å². The lowest BCUT2D eigenvalue weighted by Crippen LogP contribution is -2.49. The molecule has 4 nitrogen and oxygen atoms in total. The van der Waals surface area contributed by atoms with Gasteiger partial charge in [-0.05, 0) is 36.4 Å². The van der Waals surface area contributed by atoms with Gasteiger partial charge in [0.1, 0.15) is 17.5 Å². The second-order valence-corrected chi connectivity index (χ2v) is 7.43. The first-order valence-corrected chi connectivity index (χ1v) is 9.40. The van der Waals surface area contributed by atoms with E-state index in [1.165, 1.54) is 36.0 Å². The largest absolute Gasteiger partial charge is 0.395 e. The molecule has 0 atom stereocenters. The van der Waals surface area contributed by atoms with Crippen LogP contribution in [0, 0.1) is 11.6 Å². The van der Waals surface area contributed by atoms with Gasteiger partial charge in [0.2, 0.25) is 0 Å². The number of hydrogen-bond donors (Lipinski definition) is 1. The highest BCUT2D eigenvalue weighted by atomic mass is 32.2. The monoisotopic (exact) mass is 375 g/mol. The molecule has 2 aromatic carbocycles. The van der Waals surface area contributed by atoms with Gasteiger partial charge in [-0.3, -0.25) is 4.90 Å². The summed E-state index contributed by atoms with van der Waals surface area (Å²) in [6.45, 7) is 3.92. The van der Waals surface area contributed by atoms with Crippen molar-refractivity contribution in [3.05, 3.63) is 53.6 Å². The van der Waals surface area contributed by atoms with Gasteiger partial charge in [-0.1, -0.05) is 11.8 Å². The summed E-state index contributed by atoms with van der Waals surface area (Å²) in [4.78, 5) is 10.7. The van der Waals surface area contributed by atoms with Crippen LogP contribution in [0.2, 0.25) is 0 Å². The molecule has 2 aliphatic heterocycles. The van der Waals surface area contributed by atoms with E-state index in [2.05, 4.69) is 9.80 Å². The minimum Gasteiger partial charge on any atom is -0.395 e. The van der Waals surface area contributed by atoms with Crippen molar-refractivity contribution >= 4 is 23.3 Å². The highest BCUT2D eigenvalue weighted by molar-refractivity contribution is 7.99. The molecule has 0 spiro atoms. The molecule has 0 radical (unpaired) electrons. The summed E-state index contributed by atoms with van der Waals surface area (Å²) in [5.41, 5.74) is 1.43. The first-order valence-electron chi connectivity index (χ1n) is 8.58. The maximum atomic E-state index is 13.9. The van der Waals surface area contributed by atoms with Crippen molar-refractivity contribution in [1.29, 1.82) is 0 Å². The molecule has 1 fully saturated rings. The molecule has 0 aliphatic carbocycles. The number of aliphatic hydroxyl groups is 1. The third-order valence-electron chi connectivity index (χ3n) is 4.64. The molecule has 0 bridgehead atoms. The number of aliphatic imine (C=N–C) groups is 1. The molecule has 2 aromatic rings. The van der Waals surface area contributed by atoms with Gasteiger partial charge in [0.05, 0.1) is 12.3 Å². The Balaban J connectivity index is 1.74. The van der Waals surface area contributed by atoms with E-state index >= 15 is 0 Å². The van der Waals surface area contributed by atoms with Gasteiger partial charge in [0, 0.05) is 48.1 Å². The number of rotatable bonds is 2. The molecular weight excluding hydrogens is 356 g/mol. The zero-order valence-corrected chi connectivity index (χ0v) is 15.0. The molecule has 1 saturated heterocycles. The van der Waals surface area contributed by atoms with E-state index < -0.39 is 0 Å². The quantitative estimate of drug-likeness (QED) is 0.876. The summed E-state index contributed by atoms with van der Waals surface area (Å²) < 4.78 is 27.6. The number of hydrogen-bond acceptors (Lipinski definition) is 5. The summed E-state index contributed by atoms with van der Waals surface area (Å²) in [6.07, 6.45) is 0. The third-order valence-corrected chi connectivity index (χ3v) is 5.76. The molecule has 0 unspecified atom stereocenters. The highest BCUT2D eigenvalue weighted by Gasteiger charge is 2.25. The second kappa shape index (κ2) is 7.34. The second-order valence-electron chi connectivity index (χ2n) is 6.34. The fraction of sp³-hybridized carbons (Fsp3) is 0.316. The molecule has 0 amide bonds. The number of β-amino-alcohol motifs (C(OH)–C–C–N with tert-alkyl or cyclic N) is 1. The molecule has 4 rings (SSSR count). The van der Waals surface area contributed by atoms with E-state index in [4.69, 9.17) is 10.1 Å². The van der Waals surface area contributed by atoms with Crippen LogP contribution in [0.5, 0.6) is 0 Å². The van der Waals surface area contributed by atoms with Crippen LogP contribution in [-0.4, -0.2) is 60.1 Å². The lowest BCUT2D eigenvalue weighted by atomic mass is 10.1. The van der Waals surface area contributed by atoms with Crippen molar-refractivity contribution in [2.24, 2.45) is 4.99 Å². The van der Waals surface area contributed by atoms with Gasteiger partial charge < -0.3 is 10.0 Å². The summed E-state index contributed by atoms with van der Waals surface area (Å²) in [5.74, 6) is 0.102. The van der Waals surface area contributed by atoms with E-state index in [9.17, 15) is 8.78 Å². The zero-order valence-electron chi connectivity index (χ0n) is 14.2. The predicted octanol–water partition coefficient (Wildman–Crippen LogP) is 3.12. The molecule has 7 heteroatoms. The van der Waals surface area contributed by atoms with Crippen LogP contribution in [0.4, 0.5) is 14.5 Å². The minimum absolute atomic E-state index is 0.143. The van der Waals surface area contributed by atoms with Crippen LogP contribution in [0.25, 0.3) is 0 Å². The third kappa shape index (κ3) is 3.47. The number of nitrogens with zero attached hydrogens (tertiary/aromatic N) is 3. The summed E-state index contributed by atoms with van der Waals surface area (Å²) >= 11 is 1.41. The Morgan fingerprint density at radius 1 is 0.962 bits per heavy atom. The number of halogens is 2. The first-order chi connectivity index (χ1) is 12.6. The standard InChI is InChI=1S/C19H19F2N3OS/c20-13-2-4-17-15(11-13)19(24-7-5-23(6-8-24)9-10-25)22-16-3-1-14(21)12-18(16)26-17/h1-4,11-12,25H,5-10H2. The van der Waals surface area contributed by atoms with E-state index in [1.807, 2.05) is 0 Å². The van der Waals surface area contributed by atoms with E-state index in [-0.39, 0.29) is 18.2 Å². The molecule has 2 heterocycles. The average molecular weight is 375 g/mol. The number of piperazine rings is 1. The van der Waals surface area contributed by atoms with Crippen molar-refractivity contribution in [1.82, 2.24) is 9.80 Å². The first kappa shape index (κ1) is 17.5. The average Bonchev–Trinajstić information content (AvgIpc) is 2.79. The van der Waals surface area contributed by atoms with Crippen LogP contribution in [0.15, 0.2) is 51.2 Å². The van der Waals surface area contributed by atoms with Gasteiger partial charge in [-0.15, -0.1) is 0 Å². The molecule has 2 aliphatic rings. The lowest BCUT2D eigenvalue weighted by Gasteiger charge is -2.36. The van der Waals surface area contributed by atoms with Crippen molar-refractivity contribution in [2.75, 3.05) is 39.3 Å². The lowest BCUT2D eigenvalue weighted by molar-refractivity contribution is 0.147. The van der Waals surface area contributed by atoms with Crippen molar-refractivity contribution in [3.8, 4) is 0 Å². The molecule has 1 N–H and O–H groups in total. The summed E-state index contributed by atoms with van der Waals surface area (Å²) in [7, 11) is 0. The normalized spacial score (nSPS) is 17.3. The SMILES string of the molecule is OCCN1CCN(C2=Nc3ccc(F)cc3Sc3ccc(F)cc32)CC1. The van der Waals surface area contributed by atoms with Crippen LogP contribution in [0.1, 0.15) is 5.56 Å². The Morgan fingerprint density at radius 3 is 2.46 bits per heavy atom. The fourth-order valence-electron chi connectivity index (χ4n) is 3.29. The van der Waals surface area contributed by atoms with E-state index in [0.29, 0.717) is 12.2 Å².